The van der Waals surface area contributed by atoms with Crippen LogP contribution in [0.5, 0.6) is 5.75 Å². The minimum atomic E-state index is -4.57. The third-order valence-corrected chi connectivity index (χ3v) is 4.34. The summed E-state index contributed by atoms with van der Waals surface area (Å²) in [6.07, 6.45) is -2.26. The number of rotatable bonds is 4. The van der Waals surface area contributed by atoms with Crippen molar-refractivity contribution in [3.8, 4) is 5.75 Å². The predicted octanol–water partition coefficient (Wildman–Crippen LogP) is 3.26. The molecule has 0 radical (unpaired) electrons. The molecule has 2 aromatic rings. The number of hydrogen-bond acceptors (Lipinski definition) is 6. The molecule has 0 unspecified atom stereocenters. The van der Waals surface area contributed by atoms with Crippen molar-refractivity contribution in [2.75, 3.05) is 25.2 Å². The van der Waals surface area contributed by atoms with Gasteiger partial charge < -0.3 is 15.4 Å². The number of nitrogens with zero attached hydrogens (tertiary/aromatic N) is 2. The van der Waals surface area contributed by atoms with E-state index in [1.165, 1.54) is 31.0 Å². The molecule has 1 aromatic carbocycles. The number of hydrogen-bond donors (Lipinski definition) is 2. The van der Waals surface area contributed by atoms with Gasteiger partial charge in [0.25, 0.3) is 5.91 Å². The van der Waals surface area contributed by atoms with Crippen LogP contribution in [0.1, 0.15) is 21.6 Å². The summed E-state index contributed by atoms with van der Waals surface area (Å²) >= 11 is 1.29. The number of alkyl halides is 3. The van der Waals surface area contributed by atoms with E-state index >= 15 is 0 Å². The molecule has 6 nitrogen and oxygen atoms in total. The fourth-order valence-electron chi connectivity index (χ4n) is 2.61. The van der Waals surface area contributed by atoms with E-state index in [-0.39, 0.29) is 28.7 Å². The number of ether oxygens (including phenoxy) is 1. The average molecular weight is 384 g/mol. The van der Waals surface area contributed by atoms with Crippen LogP contribution in [0.15, 0.2) is 23.4 Å². The second kappa shape index (κ2) is 7.02. The Morgan fingerprint density at radius 1 is 1.31 bits per heavy atom. The van der Waals surface area contributed by atoms with Gasteiger partial charge >= 0.3 is 6.18 Å². The zero-order valence-electron chi connectivity index (χ0n) is 13.9. The van der Waals surface area contributed by atoms with E-state index in [0.29, 0.717) is 23.8 Å². The van der Waals surface area contributed by atoms with E-state index in [4.69, 9.17) is 4.74 Å². The molecular formula is C16H15F3N4O2S. The van der Waals surface area contributed by atoms with Crippen LogP contribution in [-0.2, 0) is 12.6 Å². The molecule has 0 bridgehead atoms. The van der Waals surface area contributed by atoms with Crippen molar-refractivity contribution in [2.45, 2.75) is 17.8 Å². The van der Waals surface area contributed by atoms with Crippen LogP contribution >= 0.6 is 11.8 Å². The maximum atomic E-state index is 13.2. The van der Waals surface area contributed by atoms with Gasteiger partial charge in [-0.15, -0.1) is 0 Å². The van der Waals surface area contributed by atoms with Crippen molar-refractivity contribution >= 4 is 29.2 Å². The number of nitrogens with one attached hydrogen (secondary N) is 2. The van der Waals surface area contributed by atoms with Crippen LogP contribution < -0.4 is 15.4 Å². The predicted molar refractivity (Wildman–Crippen MR) is 91.1 cm³/mol. The first-order valence-corrected chi connectivity index (χ1v) is 8.81. The molecule has 0 aliphatic carbocycles. The Kier molecular flexibility index (Phi) is 4.94. The van der Waals surface area contributed by atoms with Gasteiger partial charge in [0, 0.05) is 18.7 Å². The lowest BCUT2D eigenvalue weighted by atomic mass is 10.1. The van der Waals surface area contributed by atoms with Crippen molar-refractivity contribution in [1.82, 2.24) is 15.3 Å². The van der Waals surface area contributed by atoms with Crippen LogP contribution in [0.3, 0.4) is 0 Å². The standard InChI is InChI=1S/C16H15F3N4O2S/c1-25-11-4-3-8(7-9(11)16(17,18)19)21-13-12-10(5-6-20-14(12)24)22-15(23-13)26-2/h3-4,7H,5-6H2,1-2H3,(H,20,24)(H,21,22,23). The number of halogens is 3. The first-order valence-electron chi connectivity index (χ1n) is 7.59. The summed E-state index contributed by atoms with van der Waals surface area (Å²) in [6.45, 7) is 0.455. The molecule has 10 heteroatoms. The molecule has 1 aliphatic rings. The van der Waals surface area contributed by atoms with Gasteiger partial charge in [-0.2, -0.15) is 13.2 Å². The first kappa shape index (κ1) is 18.3. The number of amides is 1. The summed E-state index contributed by atoms with van der Waals surface area (Å²) < 4.78 is 44.4. The highest BCUT2D eigenvalue weighted by Gasteiger charge is 2.35. The van der Waals surface area contributed by atoms with Gasteiger partial charge in [-0.1, -0.05) is 11.8 Å². The number of methoxy groups -OCH3 is 1. The molecule has 3 rings (SSSR count). The zero-order chi connectivity index (χ0) is 18.9. The molecule has 0 spiro atoms. The lowest BCUT2D eigenvalue weighted by Gasteiger charge is -2.20. The van der Waals surface area contributed by atoms with E-state index in [1.807, 2.05) is 0 Å². The summed E-state index contributed by atoms with van der Waals surface area (Å²) in [5.74, 6) is -0.462. The monoisotopic (exact) mass is 384 g/mol. The van der Waals surface area contributed by atoms with Crippen LogP contribution in [0.2, 0.25) is 0 Å². The van der Waals surface area contributed by atoms with Crippen molar-refractivity contribution in [2.24, 2.45) is 0 Å². The summed E-state index contributed by atoms with van der Waals surface area (Å²) in [5.41, 5.74) is 0.0468. The van der Waals surface area contributed by atoms with Crippen LogP contribution in [0.4, 0.5) is 24.7 Å². The summed E-state index contributed by atoms with van der Waals surface area (Å²) in [5, 5.41) is 5.95. The number of benzene rings is 1. The van der Waals surface area contributed by atoms with Crippen molar-refractivity contribution < 1.29 is 22.7 Å². The Labute approximate surface area is 151 Å². The molecule has 1 aliphatic heterocycles. The molecule has 1 amide bonds. The molecule has 0 atom stereocenters. The maximum absolute atomic E-state index is 13.2. The van der Waals surface area contributed by atoms with E-state index < -0.39 is 11.7 Å². The maximum Gasteiger partial charge on any atom is 0.420 e. The second-order valence-corrected chi connectivity index (χ2v) is 6.20. The van der Waals surface area contributed by atoms with Gasteiger partial charge in [-0.25, -0.2) is 9.97 Å². The highest BCUT2D eigenvalue weighted by Crippen LogP contribution is 2.38. The largest absolute Gasteiger partial charge is 0.496 e. The SMILES string of the molecule is COc1ccc(Nc2nc(SC)nc3c2C(=O)NCC3)cc1C(F)(F)F. The van der Waals surface area contributed by atoms with E-state index in [9.17, 15) is 18.0 Å². The van der Waals surface area contributed by atoms with E-state index in [0.717, 1.165) is 6.07 Å². The van der Waals surface area contributed by atoms with E-state index in [2.05, 4.69) is 20.6 Å². The number of carbonyl (C=O) groups excluding carboxylic acids is 1. The Morgan fingerprint density at radius 3 is 2.73 bits per heavy atom. The van der Waals surface area contributed by atoms with Gasteiger partial charge in [0.1, 0.15) is 17.1 Å². The average Bonchev–Trinajstić information content (AvgIpc) is 2.60. The highest BCUT2D eigenvalue weighted by molar-refractivity contribution is 7.98. The second-order valence-electron chi connectivity index (χ2n) is 5.42. The van der Waals surface area contributed by atoms with Crippen LogP contribution in [0.25, 0.3) is 0 Å². The molecule has 1 aromatic heterocycles. The third-order valence-electron chi connectivity index (χ3n) is 3.79. The number of fused-ring (bicyclic) bond motifs is 1. The summed E-state index contributed by atoms with van der Waals surface area (Å²) in [7, 11) is 1.17. The van der Waals surface area contributed by atoms with Gasteiger partial charge in [-0.05, 0) is 24.5 Å². The molecule has 0 saturated heterocycles. The molecular weight excluding hydrogens is 369 g/mol. The molecule has 138 valence electrons. The molecule has 0 saturated carbocycles. The van der Waals surface area contributed by atoms with Gasteiger partial charge in [0.05, 0.1) is 18.4 Å². The lowest BCUT2D eigenvalue weighted by molar-refractivity contribution is -0.138. The molecule has 0 fully saturated rings. The lowest BCUT2D eigenvalue weighted by Crippen LogP contribution is -2.33. The molecule has 2 heterocycles. The summed E-state index contributed by atoms with van der Waals surface area (Å²) in [6, 6.07) is 3.57. The normalized spacial score (nSPS) is 13.8. The minimum Gasteiger partial charge on any atom is -0.496 e. The molecule has 26 heavy (non-hydrogen) atoms. The third kappa shape index (κ3) is 3.55. The smallest absolute Gasteiger partial charge is 0.420 e. The number of thioether (sulfide) groups is 1. The van der Waals surface area contributed by atoms with Gasteiger partial charge in [-0.3, -0.25) is 4.79 Å². The zero-order valence-corrected chi connectivity index (χ0v) is 14.7. The quantitative estimate of drug-likeness (QED) is 0.623. The molecule has 2 N–H and O–H groups in total. The fourth-order valence-corrected chi connectivity index (χ4v) is 3.00. The Hall–Kier alpha value is -2.49. The van der Waals surface area contributed by atoms with Crippen molar-refractivity contribution in [3.05, 3.63) is 35.0 Å². The first-order chi connectivity index (χ1) is 12.3. The Bertz CT molecular complexity index is 858. The number of aromatic nitrogens is 2. The van der Waals surface area contributed by atoms with Crippen LogP contribution in [0, 0.1) is 0 Å². The van der Waals surface area contributed by atoms with Crippen molar-refractivity contribution in [1.29, 1.82) is 0 Å². The fraction of sp³-hybridized carbons (Fsp3) is 0.312. The Balaban J connectivity index is 2.05. The van der Waals surface area contributed by atoms with E-state index in [1.54, 1.807) is 6.26 Å². The number of anilines is 2. The van der Waals surface area contributed by atoms with Crippen molar-refractivity contribution in [3.63, 3.8) is 0 Å². The number of carbonyl (C=O) groups is 1. The van der Waals surface area contributed by atoms with Gasteiger partial charge in [0.2, 0.25) is 0 Å². The Morgan fingerprint density at radius 2 is 2.08 bits per heavy atom. The van der Waals surface area contributed by atoms with Gasteiger partial charge in [0.15, 0.2) is 5.16 Å². The highest BCUT2D eigenvalue weighted by atomic mass is 32.2. The summed E-state index contributed by atoms with van der Waals surface area (Å²) in [4.78, 5) is 20.8. The van der Waals surface area contributed by atoms with Crippen LogP contribution in [-0.4, -0.2) is 35.8 Å². The minimum absolute atomic E-state index is 0.143. The topological polar surface area (TPSA) is 76.1 Å².